The van der Waals surface area contributed by atoms with Crippen molar-refractivity contribution in [2.24, 2.45) is 5.41 Å². The van der Waals surface area contributed by atoms with Gasteiger partial charge in [-0.3, -0.25) is 0 Å². The Hall–Kier alpha value is -0.120. The molecule has 0 bridgehead atoms. The molecule has 3 nitrogen and oxygen atoms in total. The van der Waals surface area contributed by atoms with Gasteiger partial charge in [0.25, 0.3) is 0 Å². The summed E-state index contributed by atoms with van der Waals surface area (Å²) in [6.45, 7) is 10.8. The molecule has 1 unspecified atom stereocenters. The maximum atomic E-state index is 9.57. The van der Waals surface area contributed by atoms with E-state index in [1.165, 1.54) is 51.7 Å². The molecule has 1 heterocycles. The molecule has 120 valence electrons. The first-order chi connectivity index (χ1) is 9.59. The number of nitrogens with one attached hydrogen (secondary N) is 1. The third kappa shape index (κ3) is 4.44. The lowest BCUT2D eigenvalue weighted by atomic mass is 9.74. The second-order valence-electron chi connectivity index (χ2n) is 6.69. The Morgan fingerprint density at radius 2 is 1.75 bits per heavy atom. The maximum Gasteiger partial charge on any atom is 0.0613 e. The minimum absolute atomic E-state index is 0.0631. The lowest BCUT2D eigenvalue weighted by molar-refractivity contribution is 0.0886. The van der Waals surface area contributed by atoms with E-state index in [0.29, 0.717) is 5.41 Å². The summed E-state index contributed by atoms with van der Waals surface area (Å²) in [5.74, 6) is 0. The standard InChI is InChI=1S/C17H36N2O/c1-5-16(6-2)10-13-19(14-11-16)12-8-9-17(7-3,15-20)18-4/h18,20H,5-15H2,1-4H3. The van der Waals surface area contributed by atoms with Crippen molar-refractivity contribution >= 4 is 0 Å². The third-order valence-corrected chi connectivity index (χ3v) is 6.06. The number of likely N-dealkylation sites (tertiary alicyclic amines) is 1. The molecule has 2 N–H and O–H groups in total. The van der Waals surface area contributed by atoms with Crippen LogP contribution in [-0.4, -0.2) is 48.8 Å². The zero-order chi connectivity index (χ0) is 15.1. The highest BCUT2D eigenvalue weighted by atomic mass is 16.3. The Kier molecular flexibility index (Phi) is 7.49. The monoisotopic (exact) mass is 284 g/mol. The summed E-state index contributed by atoms with van der Waals surface area (Å²) in [6, 6.07) is 0. The molecule has 1 atom stereocenters. The van der Waals surface area contributed by atoms with Gasteiger partial charge in [0.05, 0.1) is 6.61 Å². The van der Waals surface area contributed by atoms with Crippen molar-refractivity contribution < 1.29 is 5.11 Å². The fourth-order valence-electron chi connectivity index (χ4n) is 3.60. The molecule has 0 aromatic rings. The van der Waals surface area contributed by atoms with E-state index in [2.05, 4.69) is 31.0 Å². The van der Waals surface area contributed by atoms with Crippen molar-refractivity contribution in [1.29, 1.82) is 0 Å². The highest BCUT2D eigenvalue weighted by Crippen LogP contribution is 2.37. The van der Waals surface area contributed by atoms with Gasteiger partial charge in [-0.15, -0.1) is 0 Å². The van der Waals surface area contributed by atoms with Crippen LogP contribution in [0.15, 0.2) is 0 Å². The van der Waals surface area contributed by atoms with E-state index in [0.717, 1.165) is 12.8 Å². The summed E-state index contributed by atoms with van der Waals surface area (Å²) in [4.78, 5) is 2.62. The van der Waals surface area contributed by atoms with Crippen LogP contribution in [0.2, 0.25) is 0 Å². The molecule has 0 aromatic heterocycles. The van der Waals surface area contributed by atoms with Gasteiger partial charge in [-0.2, -0.15) is 0 Å². The number of hydrogen-bond acceptors (Lipinski definition) is 3. The number of hydrogen-bond donors (Lipinski definition) is 2. The molecule has 0 aliphatic carbocycles. The first kappa shape index (κ1) is 17.9. The first-order valence-corrected chi connectivity index (χ1v) is 8.61. The molecule has 0 spiro atoms. The molecular formula is C17H36N2O. The van der Waals surface area contributed by atoms with Gasteiger partial charge in [0.2, 0.25) is 0 Å². The molecule has 3 heteroatoms. The molecule has 1 aliphatic rings. The van der Waals surface area contributed by atoms with Gasteiger partial charge in [0, 0.05) is 5.54 Å². The van der Waals surface area contributed by atoms with Crippen LogP contribution in [0.5, 0.6) is 0 Å². The predicted molar refractivity (Wildman–Crippen MR) is 87.1 cm³/mol. The van der Waals surface area contributed by atoms with Crippen molar-refractivity contribution in [2.75, 3.05) is 33.3 Å². The normalized spacial score (nSPS) is 22.6. The van der Waals surface area contributed by atoms with Crippen LogP contribution in [0.3, 0.4) is 0 Å². The fourth-order valence-corrected chi connectivity index (χ4v) is 3.60. The maximum absolute atomic E-state index is 9.57. The van der Waals surface area contributed by atoms with Crippen molar-refractivity contribution in [1.82, 2.24) is 10.2 Å². The summed E-state index contributed by atoms with van der Waals surface area (Å²) in [6.07, 6.45) is 8.64. The molecular weight excluding hydrogens is 248 g/mol. The van der Waals surface area contributed by atoms with Crippen LogP contribution in [0, 0.1) is 5.41 Å². The molecule has 0 aromatic carbocycles. The van der Waals surface area contributed by atoms with E-state index in [-0.39, 0.29) is 12.1 Å². The van der Waals surface area contributed by atoms with Gasteiger partial charge in [0.1, 0.15) is 0 Å². The van der Waals surface area contributed by atoms with E-state index in [9.17, 15) is 5.11 Å². The van der Waals surface area contributed by atoms with Crippen molar-refractivity contribution in [3.05, 3.63) is 0 Å². The van der Waals surface area contributed by atoms with Gasteiger partial charge in [-0.05, 0) is 64.2 Å². The van der Waals surface area contributed by atoms with Gasteiger partial charge >= 0.3 is 0 Å². The molecule has 1 rings (SSSR count). The smallest absolute Gasteiger partial charge is 0.0613 e. The molecule has 0 saturated carbocycles. The average molecular weight is 284 g/mol. The number of likely N-dealkylation sites (N-methyl/N-ethyl adjacent to an activating group) is 1. The Morgan fingerprint density at radius 3 is 2.15 bits per heavy atom. The zero-order valence-corrected chi connectivity index (χ0v) is 14.2. The summed E-state index contributed by atoms with van der Waals surface area (Å²) < 4.78 is 0. The van der Waals surface area contributed by atoms with Crippen LogP contribution >= 0.6 is 0 Å². The van der Waals surface area contributed by atoms with Crippen molar-refractivity contribution in [3.8, 4) is 0 Å². The lowest BCUT2D eigenvalue weighted by Crippen LogP contribution is -2.47. The quantitative estimate of drug-likeness (QED) is 0.683. The topological polar surface area (TPSA) is 35.5 Å². The third-order valence-electron chi connectivity index (χ3n) is 6.06. The summed E-state index contributed by atoms with van der Waals surface area (Å²) in [7, 11) is 1.97. The van der Waals surface area contributed by atoms with Gasteiger partial charge in [-0.25, -0.2) is 0 Å². The number of nitrogens with zero attached hydrogens (tertiary/aromatic N) is 1. The number of piperidine rings is 1. The number of aliphatic hydroxyl groups is 1. The van der Waals surface area contributed by atoms with Crippen LogP contribution in [0.4, 0.5) is 0 Å². The second kappa shape index (κ2) is 8.35. The Morgan fingerprint density at radius 1 is 1.15 bits per heavy atom. The highest BCUT2D eigenvalue weighted by Gasteiger charge is 2.31. The molecule has 1 saturated heterocycles. The highest BCUT2D eigenvalue weighted by molar-refractivity contribution is 4.87. The second-order valence-corrected chi connectivity index (χ2v) is 6.69. The minimum atomic E-state index is -0.0631. The number of rotatable bonds is 9. The van der Waals surface area contributed by atoms with E-state index in [4.69, 9.17) is 0 Å². The van der Waals surface area contributed by atoms with Gasteiger partial charge in [0.15, 0.2) is 0 Å². The van der Waals surface area contributed by atoms with Crippen LogP contribution < -0.4 is 5.32 Å². The van der Waals surface area contributed by atoms with E-state index >= 15 is 0 Å². The Balaban J connectivity index is 2.31. The van der Waals surface area contributed by atoms with Crippen LogP contribution in [0.1, 0.15) is 65.7 Å². The zero-order valence-electron chi connectivity index (χ0n) is 14.2. The van der Waals surface area contributed by atoms with E-state index in [1.54, 1.807) is 0 Å². The van der Waals surface area contributed by atoms with Crippen molar-refractivity contribution in [3.63, 3.8) is 0 Å². The summed E-state index contributed by atoms with van der Waals surface area (Å²) in [5, 5.41) is 12.9. The molecule has 0 radical (unpaired) electrons. The Labute approximate surface area is 126 Å². The van der Waals surface area contributed by atoms with E-state index < -0.39 is 0 Å². The Bertz CT molecular complexity index is 241. The van der Waals surface area contributed by atoms with Crippen molar-refractivity contribution in [2.45, 2.75) is 71.3 Å². The van der Waals surface area contributed by atoms with E-state index in [1.807, 2.05) is 7.05 Å². The SMILES string of the molecule is CCC1(CC)CCN(CCCC(CC)(CO)NC)CC1. The molecule has 0 amide bonds. The molecule has 20 heavy (non-hydrogen) atoms. The largest absolute Gasteiger partial charge is 0.394 e. The fraction of sp³-hybridized carbons (Fsp3) is 1.00. The number of aliphatic hydroxyl groups excluding tert-OH is 1. The summed E-state index contributed by atoms with van der Waals surface area (Å²) >= 11 is 0. The molecule has 1 fully saturated rings. The molecule has 1 aliphatic heterocycles. The van der Waals surface area contributed by atoms with Crippen LogP contribution in [-0.2, 0) is 0 Å². The predicted octanol–water partition coefficient (Wildman–Crippen LogP) is 3.03. The van der Waals surface area contributed by atoms with Crippen LogP contribution in [0.25, 0.3) is 0 Å². The summed E-state index contributed by atoms with van der Waals surface area (Å²) in [5.41, 5.74) is 0.562. The lowest BCUT2D eigenvalue weighted by Gasteiger charge is -2.41. The van der Waals surface area contributed by atoms with Gasteiger partial charge in [-0.1, -0.05) is 33.6 Å². The average Bonchev–Trinajstić information content (AvgIpc) is 2.53. The first-order valence-electron chi connectivity index (χ1n) is 8.61. The van der Waals surface area contributed by atoms with Gasteiger partial charge < -0.3 is 15.3 Å². The minimum Gasteiger partial charge on any atom is -0.394 e.